The van der Waals surface area contributed by atoms with Crippen LogP contribution >= 0.6 is 0 Å². The zero-order chi connectivity index (χ0) is 11.0. The summed E-state index contributed by atoms with van der Waals surface area (Å²) in [5, 5.41) is 0. The highest BCUT2D eigenvalue weighted by molar-refractivity contribution is 5.75. The normalized spacial score (nSPS) is 12.8. The highest BCUT2D eigenvalue weighted by atomic mass is 16.1. The Balaban J connectivity index is 3.67. The van der Waals surface area contributed by atoms with Crippen molar-refractivity contribution in [3.63, 3.8) is 0 Å². The molecule has 0 heterocycles. The minimum absolute atomic E-state index is 0.285. The first-order chi connectivity index (χ1) is 6.52. The molecule has 0 aliphatic rings. The second-order valence-electron chi connectivity index (χ2n) is 4.15. The number of Topliss-reactive ketones (excluding diaryl/α,β-unsaturated/α-hetero) is 1. The molecule has 0 unspecified atom stereocenters. The van der Waals surface area contributed by atoms with Crippen LogP contribution in [0.15, 0.2) is 23.8 Å². The van der Waals surface area contributed by atoms with Crippen molar-refractivity contribution >= 4 is 5.78 Å². The van der Waals surface area contributed by atoms with Gasteiger partial charge in [0.15, 0.2) is 0 Å². The van der Waals surface area contributed by atoms with Crippen molar-refractivity contribution in [3.05, 3.63) is 23.8 Å². The molecule has 0 radical (unpaired) electrons. The molecule has 0 rings (SSSR count). The largest absolute Gasteiger partial charge is 0.300 e. The van der Waals surface area contributed by atoms with Gasteiger partial charge in [-0.1, -0.05) is 37.6 Å². The molecule has 0 aliphatic carbocycles. The second-order valence-corrected chi connectivity index (χ2v) is 4.15. The topological polar surface area (TPSA) is 17.1 Å². The van der Waals surface area contributed by atoms with Crippen LogP contribution in [0, 0.1) is 5.92 Å². The number of carbonyl (C=O) groups excluding carboxylic acids is 1. The van der Waals surface area contributed by atoms with Gasteiger partial charge in [0.25, 0.3) is 0 Å². The molecule has 0 N–H and O–H groups in total. The molecule has 0 atom stereocenters. The predicted molar refractivity (Wildman–Crippen MR) is 62.3 cm³/mol. The van der Waals surface area contributed by atoms with E-state index >= 15 is 0 Å². The summed E-state index contributed by atoms with van der Waals surface area (Å²) in [5.41, 5.74) is 1.31. The molecule has 0 spiro atoms. The Hall–Kier alpha value is -0.850. The molecule has 0 saturated carbocycles. The first-order valence-corrected chi connectivity index (χ1v) is 5.36. The number of hydrogen-bond acceptors (Lipinski definition) is 1. The van der Waals surface area contributed by atoms with Crippen LogP contribution in [0.25, 0.3) is 0 Å². The van der Waals surface area contributed by atoms with Gasteiger partial charge in [-0.25, -0.2) is 0 Å². The van der Waals surface area contributed by atoms with Gasteiger partial charge in [-0.05, 0) is 32.6 Å². The van der Waals surface area contributed by atoms with E-state index in [1.165, 1.54) is 5.57 Å². The average molecular weight is 194 g/mol. The zero-order valence-corrected chi connectivity index (χ0v) is 9.84. The summed E-state index contributed by atoms with van der Waals surface area (Å²) >= 11 is 0. The third-order valence-electron chi connectivity index (χ3n) is 1.88. The quantitative estimate of drug-likeness (QED) is 0.463. The van der Waals surface area contributed by atoms with E-state index in [2.05, 4.69) is 39.0 Å². The van der Waals surface area contributed by atoms with Gasteiger partial charge in [0.05, 0.1) is 0 Å². The fraction of sp³-hybridized carbons (Fsp3) is 0.615. The van der Waals surface area contributed by atoms with E-state index in [1.54, 1.807) is 6.92 Å². The molecule has 0 fully saturated rings. The van der Waals surface area contributed by atoms with Gasteiger partial charge in [0, 0.05) is 6.42 Å². The molecule has 0 aliphatic heterocycles. The van der Waals surface area contributed by atoms with Crippen molar-refractivity contribution in [1.29, 1.82) is 0 Å². The van der Waals surface area contributed by atoms with Crippen LogP contribution in [0.1, 0.15) is 47.0 Å². The minimum Gasteiger partial charge on any atom is -0.300 e. The molecule has 1 heteroatoms. The Labute approximate surface area is 87.9 Å². The minimum atomic E-state index is 0.285. The maximum absolute atomic E-state index is 10.7. The summed E-state index contributed by atoms with van der Waals surface area (Å²) in [6, 6.07) is 0. The summed E-state index contributed by atoms with van der Waals surface area (Å²) in [7, 11) is 0. The third-order valence-corrected chi connectivity index (χ3v) is 1.88. The predicted octanol–water partition coefficient (Wildman–Crippen LogP) is 3.90. The summed E-state index contributed by atoms with van der Waals surface area (Å²) in [6.07, 6.45) is 9.21. The Morgan fingerprint density at radius 3 is 2.43 bits per heavy atom. The van der Waals surface area contributed by atoms with Gasteiger partial charge < -0.3 is 4.79 Å². The molecular formula is C13H22O. The van der Waals surface area contributed by atoms with Gasteiger partial charge >= 0.3 is 0 Å². The molecule has 80 valence electrons. The summed E-state index contributed by atoms with van der Waals surface area (Å²) in [5.74, 6) is 0.893. The molecule has 0 bridgehead atoms. The molecule has 0 aromatic heterocycles. The van der Waals surface area contributed by atoms with Crippen LogP contribution in [0.3, 0.4) is 0 Å². The van der Waals surface area contributed by atoms with Crippen LogP contribution in [-0.2, 0) is 4.79 Å². The van der Waals surface area contributed by atoms with E-state index < -0.39 is 0 Å². The van der Waals surface area contributed by atoms with E-state index in [1.807, 2.05) is 0 Å². The van der Waals surface area contributed by atoms with Crippen molar-refractivity contribution in [2.45, 2.75) is 47.0 Å². The van der Waals surface area contributed by atoms with Crippen LogP contribution in [-0.4, -0.2) is 5.78 Å². The van der Waals surface area contributed by atoms with Gasteiger partial charge in [0.1, 0.15) is 5.78 Å². The van der Waals surface area contributed by atoms with Crippen molar-refractivity contribution < 1.29 is 4.79 Å². The summed E-state index contributed by atoms with van der Waals surface area (Å²) in [4.78, 5) is 10.7. The maximum Gasteiger partial charge on any atom is 0.129 e. The lowest BCUT2D eigenvalue weighted by Crippen LogP contribution is -1.87. The first-order valence-electron chi connectivity index (χ1n) is 5.36. The number of hydrogen-bond donors (Lipinski definition) is 0. The molecule has 0 aromatic rings. The smallest absolute Gasteiger partial charge is 0.129 e. The molecule has 0 amide bonds. The van der Waals surface area contributed by atoms with E-state index in [-0.39, 0.29) is 5.78 Å². The Bertz CT molecular complexity index is 221. The molecular weight excluding hydrogens is 172 g/mol. The Kier molecular flexibility index (Phi) is 7.09. The fourth-order valence-electron chi connectivity index (χ4n) is 1.32. The van der Waals surface area contributed by atoms with Crippen LogP contribution < -0.4 is 0 Å². The van der Waals surface area contributed by atoms with E-state index in [0.29, 0.717) is 12.3 Å². The van der Waals surface area contributed by atoms with E-state index in [0.717, 1.165) is 12.8 Å². The number of ketones is 1. The summed E-state index contributed by atoms with van der Waals surface area (Å²) < 4.78 is 0. The van der Waals surface area contributed by atoms with Crippen molar-refractivity contribution in [2.24, 2.45) is 5.92 Å². The monoisotopic (exact) mass is 194 g/mol. The second kappa shape index (κ2) is 7.54. The van der Waals surface area contributed by atoms with Crippen molar-refractivity contribution in [3.8, 4) is 0 Å². The lowest BCUT2D eigenvalue weighted by Gasteiger charge is -1.97. The lowest BCUT2D eigenvalue weighted by atomic mass is 10.1. The number of unbranched alkanes of at least 4 members (excludes halogenated alkanes) is 1. The standard InChI is InChI=1S/C13H22O/c1-11(2)10-12(3)8-6-5-7-9-13(4)14/h6,8,10-11H,5,7,9H2,1-4H3. The first kappa shape index (κ1) is 13.2. The van der Waals surface area contributed by atoms with Gasteiger partial charge in [-0.15, -0.1) is 0 Å². The molecule has 1 nitrogen and oxygen atoms in total. The van der Waals surface area contributed by atoms with Crippen molar-refractivity contribution in [1.82, 2.24) is 0 Å². The number of allylic oxidation sites excluding steroid dienone is 4. The zero-order valence-electron chi connectivity index (χ0n) is 9.84. The maximum atomic E-state index is 10.7. The number of carbonyl (C=O) groups is 1. The highest BCUT2D eigenvalue weighted by Gasteiger charge is 1.91. The van der Waals surface area contributed by atoms with Gasteiger partial charge in [-0.3, -0.25) is 0 Å². The van der Waals surface area contributed by atoms with Crippen LogP contribution in [0.2, 0.25) is 0 Å². The van der Waals surface area contributed by atoms with Crippen LogP contribution in [0.5, 0.6) is 0 Å². The molecule has 0 aromatic carbocycles. The third kappa shape index (κ3) is 9.24. The fourth-order valence-corrected chi connectivity index (χ4v) is 1.32. The highest BCUT2D eigenvalue weighted by Crippen LogP contribution is 2.04. The molecule has 14 heavy (non-hydrogen) atoms. The van der Waals surface area contributed by atoms with Crippen LogP contribution in [0.4, 0.5) is 0 Å². The van der Waals surface area contributed by atoms with Gasteiger partial charge in [-0.2, -0.15) is 0 Å². The van der Waals surface area contributed by atoms with Crippen molar-refractivity contribution in [2.75, 3.05) is 0 Å². The van der Waals surface area contributed by atoms with E-state index in [9.17, 15) is 4.79 Å². The summed E-state index contributed by atoms with van der Waals surface area (Å²) in [6.45, 7) is 8.11. The average Bonchev–Trinajstić information content (AvgIpc) is 2.01. The Morgan fingerprint density at radius 2 is 1.93 bits per heavy atom. The lowest BCUT2D eigenvalue weighted by molar-refractivity contribution is -0.117. The molecule has 0 saturated heterocycles. The number of rotatable bonds is 6. The Morgan fingerprint density at radius 1 is 1.29 bits per heavy atom. The van der Waals surface area contributed by atoms with E-state index in [4.69, 9.17) is 0 Å². The SMILES string of the molecule is CC(=O)CCCC=CC(C)=CC(C)C. The van der Waals surface area contributed by atoms with Gasteiger partial charge in [0.2, 0.25) is 0 Å².